The van der Waals surface area contributed by atoms with Crippen LogP contribution in [0.15, 0.2) is 12.1 Å². The molecule has 1 saturated carbocycles. The summed E-state index contributed by atoms with van der Waals surface area (Å²) in [6.07, 6.45) is 6.19. The Labute approximate surface area is 109 Å². The number of rotatable bonds is 5. The Kier molecular flexibility index (Phi) is 5.01. The van der Waals surface area contributed by atoms with Gasteiger partial charge in [-0.3, -0.25) is 0 Å². The molecule has 0 bridgehead atoms. The van der Waals surface area contributed by atoms with Crippen LogP contribution in [0.3, 0.4) is 0 Å². The molecule has 96 valence electrons. The molecule has 0 saturated heterocycles. The van der Waals surface area contributed by atoms with Crippen molar-refractivity contribution in [1.29, 1.82) is 0 Å². The Morgan fingerprint density at radius 1 is 1.24 bits per heavy atom. The van der Waals surface area contributed by atoms with Crippen LogP contribution >= 0.6 is 11.3 Å². The van der Waals surface area contributed by atoms with E-state index in [1.165, 1.54) is 35.4 Å². The van der Waals surface area contributed by atoms with E-state index in [1.807, 2.05) is 11.3 Å². The van der Waals surface area contributed by atoms with Crippen molar-refractivity contribution in [2.24, 2.45) is 11.7 Å². The van der Waals surface area contributed by atoms with Crippen molar-refractivity contribution in [3.8, 4) is 0 Å². The maximum absolute atomic E-state index is 5.92. The maximum atomic E-state index is 5.92. The number of nitrogens with two attached hydrogens (primary N) is 1. The lowest BCUT2D eigenvalue weighted by Gasteiger charge is -2.26. The lowest BCUT2D eigenvalue weighted by Crippen LogP contribution is -2.31. The predicted octanol–water partition coefficient (Wildman–Crippen LogP) is 2.92. The predicted molar refractivity (Wildman–Crippen MR) is 75.3 cm³/mol. The van der Waals surface area contributed by atoms with Gasteiger partial charge in [-0.2, -0.15) is 0 Å². The van der Waals surface area contributed by atoms with Crippen LogP contribution < -0.4 is 11.1 Å². The van der Waals surface area contributed by atoms with Gasteiger partial charge in [-0.15, -0.1) is 11.3 Å². The number of hydrogen-bond donors (Lipinski definition) is 2. The minimum atomic E-state index is 0.468. The first-order valence-electron chi connectivity index (χ1n) is 6.81. The number of nitrogens with one attached hydrogen (secondary N) is 1. The molecular weight excluding hydrogens is 228 g/mol. The van der Waals surface area contributed by atoms with Gasteiger partial charge >= 0.3 is 0 Å². The molecule has 3 N–H and O–H groups in total. The molecular formula is C14H24N2S. The van der Waals surface area contributed by atoms with Gasteiger partial charge in [0.2, 0.25) is 0 Å². The van der Waals surface area contributed by atoms with Crippen molar-refractivity contribution in [3.05, 3.63) is 21.9 Å². The average Bonchev–Trinajstić information content (AvgIpc) is 2.80. The average molecular weight is 252 g/mol. The lowest BCUT2D eigenvalue weighted by atomic mass is 9.86. The topological polar surface area (TPSA) is 38.0 Å². The summed E-state index contributed by atoms with van der Waals surface area (Å²) >= 11 is 1.94. The summed E-state index contributed by atoms with van der Waals surface area (Å²) in [7, 11) is 0. The molecule has 1 aromatic rings. The molecule has 1 aromatic heterocycles. The SMILES string of the molecule is CCc1ccc(CNCC2CCC(N)CC2)s1. The van der Waals surface area contributed by atoms with Crippen LogP contribution in [0.2, 0.25) is 0 Å². The number of thiophene rings is 1. The first-order valence-corrected chi connectivity index (χ1v) is 7.63. The molecule has 2 nitrogen and oxygen atoms in total. The van der Waals surface area contributed by atoms with Gasteiger partial charge < -0.3 is 11.1 Å². The summed E-state index contributed by atoms with van der Waals surface area (Å²) in [5.41, 5.74) is 5.92. The lowest BCUT2D eigenvalue weighted by molar-refractivity contribution is 0.314. The van der Waals surface area contributed by atoms with E-state index in [2.05, 4.69) is 24.4 Å². The van der Waals surface area contributed by atoms with Crippen molar-refractivity contribution in [2.75, 3.05) is 6.54 Å². The summed E-state index contributed by atoms with van der Waals surface area (Å²) < 4.78 is 0. The van der Waals surface area contributed by atoms with E-state index in [0.717, 1.165) is 25.4 Å². The molecule has 1 heterocycles. The second kappa shape index (κ2) is 6.53. The second-order valence-corrected chi connectivity index (χ2v) is 6.39. The number of hydrogen-bond acceptors (Lipinski definition) is 3. The Balaban J connectivity index is 1.65. The van der Waals surface area contributed by atoms with E-state index in [0.29, 0.717) is 6.04 Å². The van der Waals surface area contributed by atoms with Gasteiger partial charge in [0.1, 0.15) is 0 Å². The summed E-state index contributed by atoms with van der Waals surface area (Å²) in [6, 6.07) is 4.98. The summed E-state index contributed by atoms with van der Waals surface area (Å²) in [6.45, 7) is 4.41. The molecule has 3 heteroatoms. The molecule has 1 aliphatic carbocycles. The minimum absolute atomic E-state index is 0.468. The van der Waals surface area contributed by atoms with Crippen LogP contribution in [-0.4, -0.2) is 12.6 Å². The summed E-state index contributed by atoms with van der Waals surface area (Å²) in [5, 5.41) is 3.59. The van der Waals surface area contributed by atoms with Gasteiger partial charge in [-0.05, 0) is 56.7 Å². The van der Waals surface area contributed by atoms with Crippen molar-refractivity contribution in [1.82, 2.24) is 5.32 Å². The molecule has 2 rings (SSSR count). The fourth-order valence-corrected chi connectivity index (χ4v) is 3.43. The van der Waals surface area contributed by atoms with Gasteiger partial charge in [0, 0.05) is 22.3 Å². The fraction of sp³-hybridized carbons (Fsp3) is 0.714. The van der Waals surface area contributed by atoms with Crippen molar-refractivity contribution in [2.45, 2.75) is 51.6 Å². The summed E-state index contributed by atoms with van der Waals surface area (Å²) in [4.78, 5) is 2.96. The molecule has 0 amide bonds. The van der Waals surface area contributed by atoms with Crippen molar-refractivity contribution >= 4 is 11.3 Å². The molecule has 0 aliphatic heterocycles. The molecule has 0 unspecified atom stereocenters. The van der Waals surface area contributed by atoms with Gasteiger partial charge in [0.05, 0.1) is 0 Å². The van der Waals surface area contributed by atoms with Crippen molar-refractivity contribution < 1.29 is 0 Å². The standard InChI is InChI=1S/C14H24N2S/c1-2-13-7-8-14(17-13)10-16-9-11-3-5-12(15)6-4-11/h7-8,11-12,16H,2-6,9-10,15H2,1H3. The molecule has 0 atom stereocenters. The van der Waals surface area contributed by atoms with E-state index in [-0.39, 0.29) is 0 Å². The first kappa shape index (κ1) is 13.1. The van der Waals surface area contributed by atoms with Crippen LogP contribution in [0.25, 0.3) is 0 Å². The van der Waals surface area contributed by atoms with Gasteiger partial charge in [-0.1, -0.05) is 6.92 Å². The third kappa shape index (κ3) is 4.09. The van der Waals surface area contributed by atoms with Crippen LogP contribution in [0, 0.1) is 5.92 Å². The monoisotopic (exact) mass is 252 g/mol. The van der Waals surface area contributed by atoms with Crippen LogP contribution in [0.1, 0.15) is 42.4 Å². The first-order chi connectivity index (χ1) is 8.28. The van der Waals surface area contributed by atoms with Gasteiger partial charge in [0.25, 0.3) is 0 Å². The van der Waals surface area contributed by atoms with Crippen LogP contribution in [0.5, 0.6) is 0 Å². The molecule has 0 spiro atoms. The number of aryl methyl sites for hydroxylation is 1. The third-order valence-electron chi connectivity index (χ3n) is 3.69. The minimum Gasteiger partial charge on any atom is -0.328 e. The van der Waals surface area contributed by atoms with E-state index < -0.39 is 0 Å². The highest BCUT2D eigenvalue weighted by Crippen LogP contribution is 2.22. The normalized spacial score (nSPS) is 25.1. The molecule has 17 heavy (non-hydrogen) atoms. The van der Waals surface area contributed by atoms with Crippen LogP contribution in [0.4, 0.5) is 0 Å². The zero-order chi connectivity index (χ0) is 12.1. The second-order valence-electron chi connectivity index (χ2n) is 5.13. The van der Waals surface area contributed by atoms with E-state index in [1.54, 1.807) is 0 Å². The Morgan fingerprint density at radius 2 is 1.94 bits per heavy atom. The Morgan fingerprint density at radius 3 is 2.59 bits per heavy atom. The van der Waals surface area contributed by atoms with E-state index in [4.69, 9.17) is 5.73 Å². The smallest absolute Gasteiger partial charge is 0.0299 e. The molecule has 0 radical (unpaired) electrons. The zero-order valence-corrected chi connectivity index (χ0v) is 11.6. The maximum Gasteiger partial charge on any atom is 0.0299 e. The molecule has 1 fully saturated rings. The summed E-state index contributed by atoms with van der Waals surface area (Å²) in [5.74, 6) is 0.848. The van der Waals surface area contributed by atoms with E-state index in [9.17, 15) is 0 Å². The Bertz CT molecular complexity index is 327. The molecule has 0 aromatic carbocycles. The fourth-order valence-electron chi connectivity index (χ4n) is 2.50. The van der Waals surface area contributed by atoms with E-state index >= 15 is 0 Å². The quantitative estimate of drug-likeness (QED) is 0.845. The highest BCUT2D eigenvalue weighted by molar-refractivity contribution is 7.11. The van der Waals surface area contributed by atoms with Gasteiger partial charge in [-0.25, -0.2) is 0 Å². The zero-order valence-electron chi connectivity index (χ0n) is 10.7. The third-order valence-corrected chi connectivity index (χ3v) is 4.92. The van der Waals surface area contributed by atoms with Gasteiger partial charge in [0.15, 0.2) is 0 Å². The molecule has 1 aliphatic rings. The van der Waals surface area contributed by atoms with Crippen LogP contribution in [-0.2, 0) is 13.0 Å². The Hall–Kier alpha value is -0.380. The largest absolute Gasteiger partial charge is 0.328 e. The van der Waals surface area contributed by atoms with Crippen molar-refractivity contribution in [3.63, 3.8) is 0 Å². The highest BCUT2D eigenvalue weighted by Gasteiger charge is 2.17. The highest BCUT2D eigenvalue weighted by atomic mass is 32.1.